The van der Waals surface area contributed by atoms with E-state index < -0.39 is 178 Å². The number of sulfonamides is 1. The van der Waals surface area contributed by atoms with Gasteiger partial charge in [-0.1, -0.05) is 38.2 Å². The summed E-state index contributed by atoms with van der Waals surface area (Å²) < 4.78 is 124. The number of halogens is 3. The quantitative estimate of drug-likeness (QED) is 0.0118. The molecule has 2 aliphatic heterocycles. The van der Waals surface area contributed by atoms with Crippen LogP contribution >= 0.6 is 11.8 Å². The molecule has 31 nitrogen and oxygen atoms in total. The summed E-state index contributed by atoms with van der Waals surface area (Å²) in [4.78, 5) is 125. The smallest absolute Gasteiger partial charge is 0.336 e. The fourth-order valence-corrected chi connectivity index (χ4v) is 14.0. The lowest BCUT2D eigenvalue weighted by atomic mass is 9.90. The number of thioether (sulfide) groups is 1. The van der Waals surface area contributed by atoms with Crippen molar-refractivity contribution in [3.63, 3.8) is 0 Å². The van der Waals surface area contributed by atoms with Gasteiger partial charge in [0.05, 0.1) is 87.2 Å². The third kappa shape index (κ3) is 21.3. The van der Waals surface area contributed by atoms with Gasteiger partial charge in [-0.2, -0.15) is 0 Å². The normalized spacial score (nSPS) is 15.6. The second-order valence-electron chi connectivity index (χ2n) is 22.7. The molecule has 1 unspecified atom stereocenters. The predicted octanol–water partition coefficient (Wildman–Crippen LogP) is 2.33. The lowest BCUT2D eigenvalue weighted by Crippen LogP contribution is -2.57. The Labute approximate surface area is 567 Å². The third-order valence-corrected chi connectivity index (χ3v) is 19.5. The number of nitrogens with zero attached hydrogens (tertiary/aromatic N) is 1. The summed E-state index contributed by atoms with van der Waals surface area (Å²) in [6.45, 7) is -0.123. The summed E-state index contributed by atoms with van der Waals surface area (Å²) in [6, 6.07) is 5.88. The van der Waals surface area contributed by atoms with Crippen LogP contribution < -0.4 is 47.8 Å². The molecule has 0 aromatic heterocycles. The van der Waals surface area contributed by atoms with Crippen LogP contribution in [-0.4, -0.2) is 197 Å². The van der Waals surface area contributed by atoms with Gasteiger partial charge in [0.15, 0.2) is 37.6 Å². The zero-order valence-corrected chi connectivity index (χ0v) is 55.3. The Morgan fingerprint density at radius 2 is 1.30 bits per heavy atom. The van der Waals surface area contributed by atoms with E-state index in [4.69, 9.17) is 34.2 Å². The number of amides is 6. The molecule has 4 atom stereocenters. The fraction of sp³-hybridized carbons (Fsp3) is 0.452. The Hall–Kier alpha value is -8.82. The summed E-state index contributed by atoms with van der Waals surface area (Å²) in [5, 5.41) is 55.9. The first-order chi connectivity index (χ1) is 47.0. The topological polar surface area (TPSA) is 485 Å². The van der Waals surface area contributed by atoms with E-state index in [1.807, 2.05) is 0 Å². The molecule has 37 heteroatoms. The Morgan fingerprint density at radius 1 is 0.697 bits per heavy atom. The van der Waals surface area contributed by atoms with Crippen molar-refractivity contribution in [3.05, 3.63) is 87.8 Å². The SMILES string of the molecule is N[C@@H](CNC(=O)CCOCCOCCOCCOCCNC(=O)CCS(=O)(=O)c1c(F)c(F)c(S(N)(=O)=O)c(F)c1NC1CCCCCCC1)C(=O)N[C@@H](CC(=O)O)C(=O)N[C@@H](CSC1CC(=O)N(c2ccc(-c3c4ccc(=O)cc-4oc4cc(O)ccc34)c(C(=O)O)c2)C1=O)C(=O)O. The lowest BCUT2D eigenvalue weighted by Gasteiger charge is -2.25. The van der Waals surface area contributed by atoms with Crippen molar-refractivity contribution in [1.29, 1.82) is 0 Å². The number of carboxylic acid groups (broad SMARTS) is 3. The maximum Gasteiger partial charge on any atom is 0.336 e. The van der Waals surface area contributed by atoms with Crippen LogP contribution in [0.15, 0.2) is 73.6 Å². The number of sulfone groups is 1. The number of nitrogens with two attached hydrogens (primary N) is 2. The van der Waals surface area contributed by atoms with Crippen molar-refractivity contribution in [2.24, 2.45) is 10.9 Å². The molecule has 2 aliphatic carbocycles. The van der Waals surface area contributed by atoms with Crippen LogP contribution in [0, 0.1) is 17.5 Å². The first-order valence-corrected chi connectivity index (χ1v) is 35.2. The molecular weight excluding hydrogens is 1380 g/mol. The number of phenols is 1. The minimum atomic E-state index is -5.18. The Morgan fingerprint density at radius 3 is 1.94 bits per heavy atom. The van der Waals surface area contributed by atoms with Gasteiger partial charge in [0, 0.05) is 72.8 Å². The second-order valence-corrected chi connectivity index (χ2v) is 27.5. The lowest BCUT2D eigenvalue weighted by molar-refractivity contribution is -0.143. The van der Waals surface area contributed by atoms with Crippen LogP contribution in [-0.2, 0) is 77.2 Å². The van der Waals surface area contributed by atoms with Crippen LogP contribution in [0.4, 0.5) is 24.5 Å². The standard InChI is InChI=1S/C62H73F3N8O23S3/c63-52-53(64)57(55(54(65)56(52)99(67,90)91)70-33-6-4-2-1-3-5-7-33)98(88,89)25-15-48(77)68-16-18-93-20-22-95-24-23-94-21-19-92-17-14-47(76)69-31-41(66)58(81)71-42(29-50(79)80)59(82)72-43(62(86)87)32-97-46-30-49(78)73(60(46)83)34-8-11-37(40(26-34)61(84)85)51-38-12-9-35(74)27-44(38)96-45-28-36(75)10-13-39(45)51/h8-13,26-28,33,41-43,46,70,74H,1-7,14-25,29-32,66H2,(H,68,77)(H,69,76)(H,71,81)(H,72,82)(H,79,80)(H,84,85)(H,86,87)(H2,67,90,91)/t41-,42-,43-,46?/m0/s1. The molecule has 7 rings (SSSR count). The summed E-state index contributed by atoms with van der Waals surface area (Å²) in [6.07, 6.45) is 2.25. The van der Waals surface area contributed by atoms with Gasteiger partial charge >= 0.3 is 17.9 Å². The number of imide groups is 1. The van der Waals surface area contributed by atoms with Gasteiger partial charge in [-0.05, 0) is 54.8 Å². The number of fused-ring (bicyclic) bond motifs is 2. The van der Waals surface area contributed by atoms with Gasteiger partial charge in [0.2, 0.25) is 45.5 Å². The van der Waals surface area contributed by atoms with Gasteiger partial charge in [-0.15, -0.1) is 11.8 Å². The van der Waals surface area contributed by atoms with Gasteiger partial charge in [-0.25, -0.2) is 49.6 Å². The van der Waals surface area contributed by atoms with E-state index in [1.54, 1.807) is 0 Å². The van der Waals surface area contributed by atoms with Crippen molar-refractivity contribution < 1.29 is 117 Å². The Bertz CT molecular complexity index is 4100. The van der Waals surface area contributed by atoms with Crippen molar-refractivity contribution in [3.8, 4) is 28.2 Å². The number of ether oxygens (including phenoxy) is 4. The van der Waals surface area contributed by atoms with Gasteiger partial charge in [-0.3, -0.25) is 38.4 Å². The molecule has 2 heterocycles. The van der Waals surface area contributed by atoms with Gasteiger partial charge < -0.3 is 76.1 Å². The van der Waals surface area contributed by atoms with Crippen molar-refractivity contribution in [2.45, 2.75) is 110 Å². The first kappa shape index (κ1) is 77.5. The molecule has 3 aromatic rings. The summed E-state index contributed by atoms with van der Waals surface area (Å²) in [5.41, 5.74) is 4.75. The first-order valence-electron chi connectivity index (χ1n) is 30.9. The molecule has 3 aromatic carbocycles. The molecular formula is C62H73F3N8O23S3. The number of hydrogen-bond donors (Lipinski definition) is 11. The number of anilines is 2. The number of phenolic OH excluding ortho intramolecular Hbond substituents is 1. The van der Waals surface area contributed by atoms with Gasteiger partial charge in [0.25, 0.3) is 0 Å². The van der Waals surface area contributed by atoms with Crippen molar-refractivity contribution in [1.82, 2.24) is 21.3 Å². The number of aromatic hydroxyl groups is 1. The molecule has 4 aliphatic rings. The van der Waals surface area contributed by atoms with Gasteiger partial charge in [0.1, 0.15) is 40.1 Å². The van der Waals surface area contributed by atoms with Crippen molar-refractivity contribution in [2.75, 3.05) is 87.7 Å². The molecule has 2 fully saturated rings. The minimum absolute atomic E-state index is 0.0398. The van der Waals surface area contributed by atoms with E-state index in [9.17, 15) is 89.6 Å². The van der Waals surface area contributed by atoms with E-state index in [2.05, 4.69) is 26.6 Å². The molecule has 99 heavy (non-hydrogen) atoms. The average Bonchev–Trinajstić information content (AvgIpc) is 0.896. The monoisotopic (exact) mass is 1450 g/mol. The molecule has 13 N–H and O–H groups in total. The highest BCUT2D eigenvalue weighted by atomic mass is 32.2. The average molecular weight is 1450 g/mol. The molecule has 0 radical (unpaired) electrons. The highest BCUT2D eigenvalue weighted by Gasteiger charge is 2.42. The Kier molecular flexibility index (Phi) is 28.0. The number of primary sulfonamides is 1. The maximum atomic E-state index is 15.7. The number of carbonyl (C=O) groups excluding carboxylic acids is 6. The van der Waals surface area contributed by atoms with E-state index in [-0.39, 0.29) is 99.7 Å². The molecule has 6 amide bonds. The zero-order valence-electron chi connectivity index (χ0n) is 52.9. The van der Waals surface area contributed by atoms with Crippen molar-refractivity contribution >= 4 is 107 Å². The zero-order chi connectivity index (χ0) is 72.3. The fourth-order valence-electron chi connectivity index (χ4n) is 10.6. The third-order valence-electron chi connectivity index (χ3n) is 15.5. The number of carbonyl (C=O) groups is 9. The summed E-state index contributed by atoms with van der Waals surface area (Å²) >= 11 is 0.653. The molecule has 0 spiro atoms. The highest BCUT2D eigenvalue weighted by Crippen LogP contribution is 2.44. The van der Waals surface area contributed by atoms with E-state index >= 15 is 8.78 Å². The summed E-state index contributed by atoms with van der Waals surface area (Å²) in [7, 11) is -10.1. The highest BCUT2D eigenvalue weighted by molar-refractivity contribution is 8.00. The summed E-state index contributed by atoms with van der Waals surface area (Å²) in [5.74, 6) is -18.3. The largest absolute Gasteiger partial charge is 0.508 e. The Balaban J connectivity index is 0.754. The molecule has 538 valence electrons. The maximum absolute atomic E-state index is 15.7. The van der Waals surface area contributed by atoms with Crippen LogP contribution in [0.1, 0.15) is 81.0 Å². The number of rotatable bonds is 37. The van der Waals surface area contributed by atoms with Crippen LogP contribution in [0.3, 0.4) is 0 Å². The minimum Gasteiger partial charge on any atom is -0.508 e. The predicted molar refractivity (Wildman–Crippen MR) is 346 cm³/mol. The number of aliphatic carboxylic acids is 2. The molecule has 1 saturated carbocycles. The van der Waals surface area contributed by atoms with Crippen LogP contribution in [0.5, 0.6) is 5.75 Å². The second kappa shape index (κ2) is 35.8. The number of carboxylic acids is 3. The number of nitrogens with one attached hydrogen (secondary N) is 5. The number of hydrogen-bond acceptors (Lipinski definition) is 23. The molecule has 0 bridgehead atoms. The van der Waals surface area contributed by atoms with E-state index in [0.29, 0.717) is 54.0 Å². The van der Waals surface area contributed by atoms with E-state index in [1.165, 1.54) is 48.5 Å². The molecule has 1 saturated heterocycles. The number of aromatic carboxylic acids is 1. The van der Waals surface area contributed by atoms with E-state index in [0.717, 1.165) is 30.2 Å². The van der Waals surface area contributed by atoms with Crippen LogP contribution in [0.25, 0.3) is 33.4 Å². The number of benzene rings is 4. The van der Waals surface area contributed by atoms with Crippen LogP contribution in [0.2, 0.25) is 0 Å².